The fourth-order valence-corrected chi connectivity index (χ4v) is 1.54. The summed E-state index contributed by atoms with van der Waals surface area (Å²) in [4.78, 5) is 7.89. The lowest BCUT2D eigenvalue weighted by Gasteiger charge is -2.09. The van der Waals surface area contributed by atoms with Gasteiger partial charge >= 0.3 is 6.18 Å². The van der Waals surface area contributed by atoms with Gasteiger partial charge in [0.05, 0.1) is 11.3 Å². The minimum atomic E-state index is -4.70. The molecule has 0 fully saturated rings. The van der Waals surface area contributed by atoms with Crippen LogP contribution in [-0.2, 0) is 6.18 Å². The lowest BCUT2D eigenvalue weighted by molar-refractivity contribution is -0.139. The molecule has 1 heterocycles. The van der Waals surface area contributed by atoms with Gasteiger partial charge in [-0.1, -0.05) is 6.07 Å². The van der Waals surface area contributed by atoms with Crippen molar-refractivity contribution in [1.82, 2.24) is 9.97 Å². The van der Waals surface area contributed by atoms with E-state index in [0.717, 1.165) is 6.07 Å². The Morgan fingerprint density at radius 3 is 2.47 bits per heavy atom. The summed E-state index contributed by atoms with van der Waals surface area (Å²) in [7, 11) is 1.60. The Morgan fingerprint density at radius 2 is 1.89 bits per heavy atom. The zero-order chi connectivity index (χ0) is 14.0. The zero-order valence-corrected chi connectivity index (χ0v) is 9.79. The molecule has 0 atom stereocenters. The lowest BCUT2D eigenvalue weighted by Crippen LogP contribution is -2.08. The van der Waals surface area contributed by atoms with Crippen LogP contribution in [0.5, 0.6) is 0 Å². The van der Waals surface area contributed by atoms with Gasteiger partial charge in [-0.2, -0.15) is 13.2 Å². The Labute approximate surface area is 106 Å². The molecule has 1 N–H and O–H groups in total. The molecule has 0 bridgehead atoms. The molecule has 0 saturated carbocycles. The van der Waals surface area contributed by atoms with Gasteiger partial charge in [-0.25, -0.2) is 14.4 Å². The van der Waals surface area contributed by atoms with Gasteiger partial charge in [0, 0.05) is 18.8 Å². The topological polar surface area (TPSA) is 37.8 Å². The van der Waals surface area contributed by atoms with Crippen LogP contribution in [-0.4, -0.2) is 17.0 Å². The molecular weight excluding hydrogens is 262 g/mol. The normalized spacial score (nSPS) is 11.4. The van der Waals surface area contributed by atoms with Gasteiger partial charge in [0.25, 0.3) is 0 Å². The molecule has 0 saturated heterocycles. The predicted octanol–water partition coefficient (Wildman–Crippen LogP) is 3.34. The number of anilines is 1. The van der Waals surface area contributed by atoms with E-state index >= 15 is 0 Å². The average molecular weight is 271 g/mol. The van der Waals surface area contributed by atoms with Crippen molar-refractivity contribution in [3.05, 3.63) is 41.8 Å². The van der Waals surface area contributed by atoms with Crippen LogP contribution < -0.4 is 5.32 Å². The van der Waals surface area contributed by atoms with Crippen molar-refractivity contribution in [2.24, 2.45) is 0 Å². The Morgan fingerprint density at radius 1 is 1.16 bits per heavy atom. The van der Waals surface area contributed by atoms with E-state index < -0.39 is 17.6 Å². The minimum absolute atomic E-state index is 0.254. The number of nitrogens with zero attached hydrogens (tertiary/aromatic N) is 2. The van der Waals surface area contributed by atoms with Gasteiger partial charge in [0.1, 0.15) is 5.82 Å². The second-order valence-corrected chi connectivity index (χ2v) is 3.71. The van der Waals surface area contributed by atoms with Gasteiger partial charge in [0.2, 0.25) is 5.95 Å². The molecule has 1 aromatic heterocycles. The summed E-state index contributed by atoms with van der Waals surface area (Å²) >= 11 is 0. The Hall–Kier alpha value is -2.18. The average Bonchev–Trinajstić information content (AvgIpc) is 2.37. The summed E-state index contributed by atoms with van der Waals surface area (Å²) in [6.07, 6.45) is -3.27. The highest BCUT2D eigenvalue weighted by molar-refractivity contribution is 5.60. The molecule has 0 aliphatic rings. The second-order valence-electron chi connectivity index (χ2n) is 3.71. The summed E-state index contributed by atoms with van der Waals surface area (Å²) in [6.45, 7) is 0. The third-order valence-corrected chi connectivity index (χ3v) is 2.45. The van der Waals surface area contributed by atoms with Crippen LogP contribution in [0.1, 0.15) is 5.56 Å². The van der Waals surface area contributed by atoms with Crippen LogP contribution in [0.4, 0.5) is 23.5 Å². The standard InChI is InChI=1S/C12H9F4N3/c1-17-11-18-5-4-10(19-11)7-2-3-8(9(13)6-7)12(14,15)16/h2-6H,1H3,(H,17,18,19). The van der Waals surface area contributed by atoms with Crippen molar-refractivity contribution >= 4 is 5.95 Å². The molecular formula is C12H9F4N3. The van der Waals surface area contributed by atoms with E-state index in [1.54, 1.807) is 7.05 Å². The number of nitrogens with one attached hydrogen (secondary N) is 1. The van der Waals surface area contributed by atoms with E-state index in [2.05, 4.69) is 15.3 Å². The first-order valence-electron chi connectivity index (χ1n) is 5.29. The number of alkyl halides is 3. The maximum atomic E-state index is 13.4. The highest BCUT2D eigenvalue weighted by Gasteiger charge is 2.33. The molecule has 0 aliphatic heterocycles. The molecule has 0 amide bonds. The Kier molecular flexibility index (Phi) is 3.37. The molecule has 2 aromatic rings. The molecule has 0 unspecified atom stereocenters. The van der Waals surface area contributed by atoms with E-state index in [-0.39, 0.29) is 5.56 Å². The number of hydrogen-bond acceptors (Lipinski definition) is 3. The second kappa shape index (κ2) is 4.83. The van der Waals surface area contributed by atoms with E-state index in [9.17, 15) is 17.6 Å². The molecule has 0 spiro atoms. The fourth-order valence-electron chi connectivity index (χ4n) is 1.54. The maximum Gasteiger partial charge on any atom is 0.419 e. The monoisotopic (exact) mass is 271 g/mol. The molecule has 2 rings (SSSR count). The number of rotatable bonds is 2. The summed E-state index contributed by atoms with van der Waals surface area (Å²) in [5.41, 5.74) is -0.699. The highest BCUT2D eigenvalue weighted by atomic mass is 19.4. The van der Waals surface area contributed by atoms with Gasteiger partial charge in [-0.05, 0) is 18.2 Å². The number of halogens is 4. The smallest absolute Gasteiger partial charge is 0.357 e. The van der Waals surface area contributed by atoms with Crippen molar-refractivity contribution in [2.75, 3.05) is 12.4 Å². The fraction of sp³-hybridized carbons (Fsp3) is 0.167. The van der Waals surface area contributed by atoms with E-state index in [0.29, 0.717) is 17.7 Å². The minimum Gasteiger partial charge on any atom is -0.357 e. The summed E-state index contributed by atoms with van der Waals surface area (Å²) < 4.78 is 50.7. The molecule has 100 valence electrons. The van der Waals surface area contributed by atoms with Crippen molar-refractivity contribution in [3.63, 3.8) is 0 Å². The van der Waals surface area contributed by atoms with Crippen molar-refractivity contribution in [1.29, 1.82) is 0 Å². The van der Waals surface area contributed by atoms with Crippen LogP contribution in [0.25, 0.3) is 11.3 Å². The third kappa shape index (κ3) is 2.81. The van der Waals surface area contributed by atoms with E-state index in [1.165, 1.54) is 18.3 Å². The van der Waals surface area contributed by atoms with Gasteiger partial charge in [0.15, 0.2) is 0 Å². The molecule has 7 heteroatoms. The molecule has 3 nitrogen and oxygen atoms in total. The van der Waals surface area contributed by atoms with Crippen molar-refractivity contribution < 1.29 is 17.6 Å². The number of hydrogen-bond donors (Lipinski definition) is 1. The summed E-state index contributed by atoms with van der Waals surface area (Å²) in [6, 6.07) is 4.17. The first-order valence-corrected chi connectivity index (χ1v) is 5.29. The predicted molar refractivity (Wildman–Crippen MR) is 62.0 cm³/mol. The highest BCUT2D eigenvalue weighted by Crippen LogP contribution is 2.33. The molecule has 0 aliphatic carbocycles. The maximum absolute atomic E-state index is 13.4. The van der Waals surface area contributed by atoms with Gasteiger partial charge in [-0.15, -0.1) is 0 Å². The SMILES string of the molecule is CNc1nccc(-c2ccc(C(F)(F)F)c(F)c2)n1. The lowest BCUT2D eigenvalue weighted by atomic mass is 10.1. The summed E-state index contributed by atoms with van der Waals surface area (Å²) in [5, 5.41) is 2.69. The molecule has 19 heavy (non-hydrogen) atoms. The first kappa shape index (κ1) is 13.3. The van der Waals surface area contributed by atoms with Crippen LogP contribution in [0.3, 0.4) is 0 Å². The van der Waals surface area contributed by atoms with Crippen LogP contribution in [0.15, 0.2) is 30.5 Å². The van der Waals surface area contributed by atoms with E-state index in [4.69, 9.17) is 0 Å². The molecule has 1 aromatic carbocycles. The summed E-state index contributed by atoms with van der Waals surface area (Å²) in [5.74, 6) is -1.02. The van der Waals surface area contributed by atoms with Crippen LogP contribution in [0.2, 0.25) is 0 Å². The van der Waals surface area contributed by atoms with Crippen molar-refractivity contribution in [3.8, 4) is 11.3 Å². The Bertz CT molecular complexity index is 596. The van der Waals surface area contributed by atoms with Gasteiger partial charge < -0.3 is 5.32 Å². The largest absolute Gasteiger partial charge is 0.419 e. The molecule has 0 radical (unpaired) electrons. The van der Waals surface area contributed by atoms with Crippen LogP contribution >= 0.6 is 0 Å². The zero-order valence-electron chi connectivity index (χ0n) is 9.79. The van der Waals surface area contributed by atoms with E-state index in [1.807, 2.05) is 0 Å². The Balaban J connectivity index is 2.44. The first-order chi connectivity index (χ1) is 8.91. The third-order valence-electron chi connectivity index (χ3n) is 2.45. The quantitative estimate of drug-likeness (QED) is 0.851. The van der Waals surface area contributed by atoms with Crippen molar-refractivity contribution in [2.45, 2.75) is 6.18 Å². The number of aromatic nitrogens is 2. The van der Waals surface area contributed by atoms with Crippen LogP contribution in [0, 0.1) is 5.82 Å². The van der Waals surface area contributed by atoms with Gasteiger partial charge in [-0.3, -0.25) is 0 Å². The number of benzene rings is 1.